The highest BCUT2D eigenvalue weighted by molar-refractivity contribution is 7.90. The van der Waals surface area contributed by atoms with E-state index < -0.39 is 49.3 Å². The van der Waals surface area contributed by atoms with Crippen LogP contribution in [0.4, 0.5) is 17.6 Å². The smallest absolute Gasteiger partial charge is 0.492 e. The second-order valence-electron chi connectivity index (χ2n) is 7.30. The molecule has 0 bridgehead atoms. The van der Waals surface area contributed by atoms with Crippen LogP contribution >= 0.6 is 23.2 Å². The molecular weight excluding hydrogens is 513 g/mol. The van der Waals surface area contributed by atoms with Crippen molar-refractivity contribution in [3.63, 3.8) is 0 Å². The lowest BCUT2D eigenvalue weighted by Crippen LogP contribution is -2.31. The summed E-state index contributed by atoms with van der Waals surface area (Å²) in [5, 5.41) is -0.741. The first-order valence-corrected chi connectivity index (χ1v) is 11.8. The Morgan fingerprint density at radius 1 is 1.09 bits per heavy atom. The number of benzene rings is 2. The zero-order chi connectivity index (χ0) is 24.4. The van der Waals surface area contributed by atoms with Gasteiger partial charge in [0.2, 0.25) is 0 Å². The topological polar surface area (TPSA) is 81.7 Å². The van der Waals surface area contributed by atoms with Crippen LogP contribution in [0.25, 0.3) is 0 Å². The molecule has 3 rings (SSSR count). The third kappa shape index (κ3) is 6.64. The Kier molecular flexibility index (Phi) is 7.65. The summed E-state index contributed by atoms with van der Waals surface area (Å²) in [4.78, 5) is 11.7. The zero-order valence-corrected chi connectivity index (χ0v) is 19.0. The monoisotopic (exact) mass is 529 g/mol. The standard InChI is InChI=1S/C20H17Cl2F4NO5S/c21-14-8-13(16(23)9-17(14)31-10-11-3-1-2-4-11)19(28)27-33(29,30)18-6-5-12(7-15(18)22)32-20(24,25)26/h5-9,11H,1-4,10H2,(H,27,28). The number of hydrogen-bond acceptors (Lipinski definition) is 5. The number of ether oxygens (including phenoxy) is 2. The Morgan fingerprint density at radius 2 is 1.76 bits per heavy atom. The lowest BCUT2D eigenvalue weighted by molar-refractivity contribution is -0.274. The number of hydrogen-bond donors (Lipinski definition) is 1. The summed E-state index contributed by atoms with van der Waals surface area (Å²) in [7, 11) is -4.67. The summed E-state index contributed by atoms with van der Waals surface area (Å²) in [5.41, 5.74) is -0.676. The van der Waals surface area contributed by atoms with Crippen LogP contribution in [-0.4, -0.2) is 27.3 Å². The molecule has 1 fully saturated rings. The number of carbonyl (C=O) groups is 1. The van der Waals surface area contributed by atoms with E-state index in [1.54, 1.807) is 4.72 Å². The van der Waals surface area contributed by atoms with E-state index in [9.17, 15) is 30.8 Å². The molecule has 2 aromatic carbocycles. The SMILES string of the molecule is O=C(NS(=O)(=O)c1ccc(OC(F)(F)F)cc1Cl)c1cc(Cl)c(OCC2CCCC2)cc1F. The maximum atomic E-state index is 14.5. The predicted molar refractivity (Wildman–Crippen MR) is 112 cm³/mol. The minimum Gasteiger partial charge on any atom is -0.492 e. The maximum absolute atomic E-state index is 14.5. The Hall–Kier alpha value is -2.24. The van der Waals surface area contributed by atoms with Gasteiger partial charge in [-0.3, -0.25) is 4.79 Å². The van der Waals surface area contributed by atoms with Gasteiger partial charge < -0.3 is 9.47 Å². The van der Waals surface area contributed by atoms with Crippen LogP contribution in [0, 0.1) is 11.7 Å². The number of halogens is 6. The second-order valence-corrected chi connectivity index (χ2v) is 9.76. The van der Waals surface area contributed by atoms with Crippen LogP contribution in [0.2, 0.25) is 10.0 Å². The lowest BCUT2D eigenvalue weighted by atomic mass is 10.1. The normalized spacial score (nSPS) is 14.8. The maximum Gasteiger partial charge on any atom is 0.573 e. The molecule has 0 atom stereocenters. The van der Waals surface area contributed by atoms with Gasteiger partial charge in [-0.2, -0.15) is 0 Å². The summed E-state index contributed by atoms with van der Waals surface area (Å²) in [6.45, 7) is 0.339. The van der Waals surface area contributed by atoms with Gasteiger partial charge in [0.25, 0.3) is 15.9 Å². The summed E-state index contributed by atoms with van der Waals surface area (Å²) in [5.74, 6) is -2.85. The first-order chi connectivity index (χ1) is 15.4. The van der Waals surface area contributed by atoms with Crippen LogP contribution in [0.15, 0.2) is 35.2 Å². The van der Waals surface area contributed by atoms with Gasteiger partial charge in [0.1, 0.15) is 22.2 Å². The van der Waals surface area contributed by atoms with E-state index in [0.29, 0.717) is 30.7 Å². The number of sulfonamides is 1. The van der Waals surface area contributed by atoms with Crippen LogP contribution in [-0.2, 0) is 10.0 Å². The van der Waals surface area contributed by atoms with E-state index in [2.05, 4.69) is 4.74 Å². The van der Waals surface area contributed by atoms with E-state index in [0.717, 1.165) is 37.8 Å². The fourth-order valence-corrected chi connectivity index (χ4v) is 5.05. The largest absolute Gasteiger partial charge is 0.573 e. The van der Waals surface area contributed by atoms with Crippen molar-refractivity contribution in [2.45, 2.75) is 36.9 Å². The lowest BCUT2D eigenvalue weighted by Gasteiger charge is -2.14. The van der Waals surface area contributed by atoms with Crippen molar-refractivity contribution in [1.82, 2.24) is 4.72 Å². The van der Waals surface area contributed by atoms with Gasteiger partial charge in [-0.25, -0.2) is 17.5 Å². The van der Waals surface area contributed by atoms with Gasteiger partial charge in [0.05, 0.1) is 22.2 Å². The van der Waals surface area contributed by atoms with Gasteiger partial charge in [-0.1, -0.05) is 36.0 Å². The van der Waals surface area contributed by atoms with Crippen molar-refractivity contribution in [3.05, 3.63) is 51.8 Å². The molecule has 1 N–H and O–H groups in total. The van der Waals surface area contributed by atoms with Gasteiger partial charge in [0.15, 0.2) is 0 Å². The van der Waals surface area contributed by atoms with E-state index in [-0.39, 0.29) is 10.8 Å². The Bertz CT molecular complexity index is 1150. The van der Waals surface area contributed by atoms with Crippen LogP contribution in [0.5, 0.6) is 11.5 Å². The Labute approximate surface area is 196 Å². The third-order valence-corrected chi connectivity index (χ3v) is 6.98. The number of amides is 1. The van der Waals surface area contributed by atoms with Crippen molar-refractivity contribution < 1.29 is 40.2 Å². The number of carbonyl (C=O) groups excluding carboxylic acids is 1. The summed E-state index contributed by atoms with van der Waals surface area (Å²) < 4.78 is 87.2. The zero-order valence-electron chi connectivity index (χ0n) is 16.7. The quantitative estimate of drug-likeness (QED) is 0.464. The average molecular weight is 530 g/mol. The number of alkyl halides is 3. The molecule has 1 aliphatic rings. The molecular formula is C20H17Cl2F4NO5S. The molecule has 1 saturated carbocycles. The Morgan fingerprint density at radius 3 is 2.36 bits per heavy atom. The molecule has 0 saturated heterocycles. The minimum atomic E-state index is -5.01. The highest BCUT2D eigenvalue weighted by Crippen LogP contribution is 2.32. The Balaban J connectivity index is 1.75. The molecule has 0 aromatic heterocycles. The molecule has 6 nitrogen and oxygen atoms in total. The summed E-state index contributed by atoms with van der Waals surface area (Å²) in [6, 6.07) is 3.83. The van der Waals surface area contributed by atoms with E-state index in [4.69, 9.17) is 27.9 Å². The van der Waals surface area contributed by atoms with Gasteiger partial charge in [-0.15, -0.1) is 13.2 Å². The molecule has 0 heterocycles. The van der Waals surface area contributed by atoms with Crippen molar-refractivity contribution in [3.8, 4) is 11.5 Å². The number of rotatable bonds is 7. The average Bonchev–Trinajstić information content (AvgIpc) is 3.20. The molecule has 0 aliphatic heterocycles. The molecule has 2 aromatic rings. The third-order valence-electron chi connectivity index (χ3n) is 4.87. The minimum absolute atomic E-state index is 0.0174. The molecule has 1 amide bonds. The molecule has 13 heteroatoms. The first kappa shape index (κ1) is 25.4. The van der Waals surface area contributed by atoms with Gasteiger partial charge >= 0.3 is 6.36 Å². The molecule has 0 radical (unpaired) electrons. The highest BCUT2D eigenvalue weighted by atomic mass is 35.5. The van der Waals surface area contributed by atoms with Crippen LogP contribution in [0.1, 0.15) is 36.0 Å². The second kappa shape index (κ2) is 9.94. The van der Waals surface area contributed by atoms with Crippen LogP contribution in [0.3, 0.4) is 0 Å². The molecule has 0 spiro atoms. The summed E-state index contributed by atoms with van der Waals surface area (Å²) in [6.07, 6.45) is -0.853. The molecule has 1 aliphatic carbocycles. The van der Waals surface area contributed by atoms with Crippen molar-refractivity contribution >= 4 is 39.1 Å². The molecule has 180 valence electrons. The van der Waals surface area contributed by atoms with E-state index >= 15 is 0 Å². The van der Waals surface area contributed by atoms with Crippen molar-refractivity contribution in [1.29, 1.82) is 0 Å². The molecule has 0 unspecified atom stereocenters. The fourth-order valence-electron chi connectivity index (χ4n) is 3.33. The predicted octanol–water partition coefficient (Wildman–Crippen LogP) is 5.72. The first-order valence-electron chi connectivity index (χ1n) is 9.60. The van der Waals surface area contributed by atoms with Gasteiger partial charge in [0, 0.05) is 12.1 Å². The highest BCUT2D eigenvalue weighted by Gasteiger charge is 2.32. The molecule has 33 heavy (non-hydrogen) atoms. The summed E-state index contributed by atoms with van der Waals surface area (Å²) >= 11 is 11.8. The van der Waals surface area contributed by atoms with E-state index in [1.807, 2.05) is 0 Å². The number of nitrogens with one attached hydrogen (secondary N) is 1. The van der Waals surface area contributed by atoms with Crippen molar-refractivity contribution in [2.24, 2.45) is 5.92 Å². The fraction of sp³-hybridized carbons (Fsp3) is 0.350. The van der Waals surface area contributed by atoms with Gasteiger partial charge in [-0.05, 0) is 37.0 Å². The van der Waals surface area contributed by atoms with Crippen LogP contribution < -0.4 is 14.2 Å². The van der Waals surface area contributed by atoms with E-state index in [1.165, 1.54) is 0 Å². The van der Waals surface area contributed by atoms with Crippen molar-refractivity contribution in [2.75, 3.05) is 6.61 Å².